The van der Waals surface area contributed by atoms with Crippen LogP contribution in [0.5, 0.6) is 5.88 Å². The normalized spacial score (nSPS) is 19.5. The van der Waals surface area contributed by atoms with Crippen molar-refractivity contribution in [3.8, 4) is 5.88 Å². The van der Waals surface area contributed by atoms with E-state index in [1.807, 2.05) is 12.2 Å². The van der Waals surface area contributed by atoms with Crippen molar-refractivity contribution in [2.45, 2.75) is 25.2 Å². The fourth-order valence-electron chi connectivity index (χ4n) is 2.24. The Kier molecular flexibility index (Phi) is 2.92. The second kappa shape index (κ2) is 4.24. The summed E-state index contributed by atoms with van der Waals surface area (Å²) in [6.45, 7) is 0. The monoisotopic (exact) mass is 236 g/mol. The van der Waals surface area contributed by atoms with E-state index in [0.717, 1.165) is 28.4 Å². The summed E-state index contributed by atoms with van der Waals surface area (Å²) < 4.78 is 2.15. The van der Waals surface area contributed by atoms with Gasteiger partial charge in [0.25, 0.3) is 5.56 Å². The topological polar surface area (TPSA) is 64.2 Å². The van der Waals surface area contributed by atoms with Crippen LogP contribution in [-0.2, 0) is 14.1 Å². The fourth-order valence-corrected chi connectivity index (χ4v) is 2.24. The Morgan fingerprint density at radius 1 is 1.29 bits per heavy atom. The van der Waals surface area contributed by atoms with Crippen LogP contribution in [0.2, 0.25) is 0 Å². The summed E-state index contributed by atoms with van der Waals surface area (Å²) in [5.74, 6) is -0.302. The number of aromatic hydroxyl groups is 1. The molecule has 0 aromatic carbocycles. The van der Waals surface area contributed by atoms with E-state index in [1.165, 1.54) is 14.1 Å². The molecule has 17 heavy (non-hydrogen) atoms. The SMILES string of the molecule is Cn1c(O)c([C@H]2C=CCCC2)c(=O)n(C)c1=O. The minimum Gasteiger partial charge on any atom is -0.494 e. The maximum absolute atomic E-state index is 12.0. The number of allylic oxidation sites excluding steroid dienone is 2. The summed E-state index contributed by atoms with van der Waals surface area (Å²) in [6, 6.07) is 0. The van der Waals surface area contributed by atoms with Crippen molar-refractivity contribution in [2.24, 2.45) is 14.1 Å². The average Bonchev–Trinajstić information content (AvgIpc) is 2.36. The number of hydrogen-bond acceptors (Lipinski definition) is 3. The van der Waals surface area contributed by atoms with Crippen LogP contribution >= 0.6 is 0 Å². The van der Waals surface area contributed by atoms with E-state index in [1.54, 1.807) is 0 Å². The van der Waals surface area contributed by atoms with Gasteiger partial charge in [-0.1, -0.05) is 12.2 Å². The van der Waals surface area contributed by atoms with Gasteiger partial charge >= 0.3 is 5.69 Å². The molecule has 5 heteroatoms. The third-order valence-corrected chi connectivity index (χ3v) is 3.29. The summed E-state index contributed by atoms with van der Waals surface area (Å²) >= 11 is 0. The quantitative estimate of drug-likeness (QED) is 0.727. The number of nitrogens with zero attached hydrogens (tertiary/aromatic N) is 2. The smallest absolute Gasteiger partial charge is 0.333 e. The lowest BCUT2D eigenvalue weighted by molar-refractivity contribution is 0.397. The Balaban J connectivity index is 2.69. The van der Waals surface area contributed by atoms with Crippen molar-refractivity contribution in [2.75, 3.05) is 0 Å². The van der Waals surface area contributed by atoms with Crippen molar-refractivity contribution in [1.82, 2.24) is 9.13 Å². The first-order valence-electron chi connectivity index (χ1n) is 5.69. The van der Waals surface area contributed by atoms with Gasteiger partial charge in [-0.2, -0.15) is 0 Å². The molecule has 1 aliphatic carbocycles. The zero-order valence-electron chi connectivity index (χ0n) is 10.0. The Morgan fingerprint density at radius 3 is 2.59 bits per heavy atom. The average molecular weight is 236 g/mol. The maximum atomic E-state index is 12.0. The lowest BCUT2D eigenvalue weighted by Gasteiger charge is -2.18. The van der Waals surface area contributed by atoms with Gasteiger partial charge in [0.15, 0.2) is 0 Å². The van der Waals surface area contributed by atoms with Gasteiger partial charge in [0.1, 0.15) is 0 Å². The van der Waals surface area contributed by atoms with Crippen molar-refractivity contribution >= 4 is 0 Å². The summed E-state index contributed by atoms with van der Waals surface area (Å²) in [5.41, 5.74) is -0.580. The van der Waals surface area contributed by atoms with Gasteiger partial charge in [0.2, 0.25) is 5.88 Å². The Morgan fingerprint density at radius 2 is 2.00 bits per heavy atom. The first-order chi connectivity index (χ1) is 8.04. The molecule has 0 saturated heterocycles. The first kappa shape index (κ1) is 11.7. The molecule has 1 aromatic rings. The van der Waals surface area contributed by atoms with E-state index < -0.39 is 11.2 Å². The van der Waals surface area contributed by atoms with Gasteiger partial charge in [-0.3, -0.25) is 13.9 Å². The first-order valence-corrected chi connectivity index (χ1v) is 5.69. The summed E-state index contributed by atoms with van der Waals surface area (Å²) in [7, 11) is 2.90. The molecular weight excluding hydrogens is 220 g/mol. The lowest BCUT2D eigenvalue weighted by atomic mass is 9.90. The van der Waals surface area contributed by atoms with E-state index in [0.29, 0.717) is 5.56 Å². The molecule has 0 fully saturated rings. The van der Waals surface area contributed by atoms with E-state index in [9.17, 15) is 14.7 Å². The van der Waals surface area contributed by atoms with Crippen LogP contribution in [-0.4, -0.2) is 14.2 Å². The summed E-state index contributed by atoms with van der Waals surface area (Å²) in [5, 5.41) is 9.95. The molecule has 92 valence electrons. The highest BCUT2D eigenvalue weighted by Gasteiger charge is 2.22. The van der Waals surface area contributed by atoms with Crippen LogP contribution in [0.25, 0.3) is 0 Å². The molecule has 0 spiro atoms. The standard InChI is InChI=1S/C12H16N2O3/c1-13-10(15)9(8-6-4-3-5-7-8)11(16)14(2)12(13)17/h4,6,8,15H,3,5,7H2,1-2H3/t8-/m0/s1. The molecule has 1 heterocycles. The Hall–Kier alpha value is -1.78. The minimum atomic E-state index is -0.504. The highest BCUT2D eigenvalue weighted by atomic mass is 16.3. The number of aromatic nitrogens is 2. The lowest BCUT2D eigenvalue weighted by Crippen LogP contribution is -2.39. The zero-order chi connectivity index (χ0) is 12.6. The molecule has 0 bridgehead atoms. The third-order valence-electron chi connectivity index (χ3n) is 3.29. The fraction of sp³-hybridized carbons (Fsp3) is 0.500. The van der Waals surface area contributed by atoms with Gasteiger partial charge in [-0.05, 0) is 19.3 Å². The highest BCUT2D eigenvalue weighted by Crippen LogP contribution is 2.29. The van der Waals surface area contributed by atoms with Gasteiger partial charge in [-0.25, -0.2) is 4.79 Å². The number of rotatable bonds is 1. The predicted octanol–water partition coefficient (Wildman–Crippen LogP) is 0.613. The van der Waals surface area contributed by atoms with Crippen molar-refractivity contribution in [3.05, 3.63) is 38.6 Å². The molecule has 1 atom stereocenters. The summed E-state index contributed by atoms with van der Waals surface area (Å²) in [6.07, 6.45) is 6.77. The van der Waals surface area contributed by atoms with Gasteiger partial charge in [0, 0.05) is 20.0 Å². The minimum absolute atomic E-state index is 0.0887. The zero-order valence-corrected chi connectivity index (χ0v) is 10.0. The maximum Gasteiger partial charge on any atom is 0.333 e. The third kappa shape index (κ3) is 1.81. The van der Waals surface area contributed by atoms with Crippen LogP contribution in [0.15, 0.2) is 21.7 Å². The molecule has 0 unspecified atom stereocenters. The Bertz CT molecular complexity index is 581. The van der Waals surface area contributed by atoms with Crippen LogP contribution in [0.3, 0.4) is 0 Å². The molecule has 0 saturated carbocycles. The van der Waals surface area contributed by atoms with Crippen LogP contribution in [0.4, 0.5) is 0 Å². The molecule has 0 amide bonds. The molecule has 5 nitrogen and oxygen atoms in total. The molecule has 0 radical (unpaired) electrons. The van der Waals surface area contributed by atoms with E-state index in [-0.39, 0.29) is 11.8 Å². The van der Waals surface area contributed by atoms with Crippen LogP contribution < -0.4 is 11.2 Å². The molecule has 0 aliphatic heterocycles. The second-order valence-corrected chi connectivity index (χ2v) is 4.41. The van der Waals surface area contributed by atoms with Crippen LogP contribution in [0, 0.1) is 0 Å². The molecule has 1 aliphatic rings. The van der Waals surface area contributed by atoms with E-state index >= 15 is 0 Å². The van der Waals surface area contributed by atoms with Gasteiger partial charge < -0.3 is 5.11 Å². The summed E-state index contributed by atoms with van der Waals surface area (Å²) in [4.78, 5) is 23.6. The predicted molar refractivity (Wildman–Crippen MR) is 64.3 cm³/mol. The second-order valence-electron chi connectivity index (χ2n) is 4.41. The van der Waals surface area contributed by atoms with Crippen molar-refractivity contribution in [1.29, 1.82) is 0 Å². The van der Waals surface area contributed by atoms with Gasteiger partial charge in [-0.15, -0.1) is 0 Å². The van der Waals surface area contributed by atoms with Gasteiger partial charge in [0.05, 0.1) is 5.56 Å². The van der Waals surface area contributed by atoms with E-state index in [4.69, 9.17) is 0 Å². The largest absolute Gasteiger partial charge is 0.494 e. The molecule has 2 rings (SSSR count). The molecular formula is C12H16N2O3. The van der Waals surface area contributed by atoms with Crippen LogP contribution in [0.1, 0.15) is 30.7 Å². The van der Waals surface area contributed by atoms with Crippen molar-refractivity contribution in [3.63, 3.8) is 0 Å². The highest BCUT2D eigenvalue weighted by molar-refractivity contribution is 5.31. The number of hydrogen-bond donors (Lipinski definition) is 1. The van der Waals surface area contributed by atoms with Crippen molar-refractivity contribution < 1.29 is 5.11 Å². The molecule has 1 N–H and O–H groups in total. The van der Waals surface area contributed by atoms with E-state index in [2.05, 4.69) is 0 Å². The Labute approximate surface area is 98.6 Å². The molecule has 1 aromatic heterocycles.